The van der Waals surface area contributed by atoms with Crippen molar-refractivity contribution in [1.29, 1.82) is 0 Å². The number of hydrogen-bond acceptors (Lipinski definition) is 6. The average molecular weight is 595 g/mol. The van der Waals surface area contributed by atoms with Crippen LogP contribution in [0.1, 0.15) is 42.5 Å². The summed E-state index contributed by atoms with van der Waals surface area (Å²) >= 11 is 0. The summed E-state index contributed by atoms with van der Waals surface area (Å²) in [6.45, 7) is 6.75. The lowest BCUT2D eigenvalue weighted by Gasteiger charge is -2.34. The molecular formula is C31H38N4O6S. The summed E-state index contributed by atoms with van der Waals surface area (Å²) < 4.78 is 26.9. The summed E-state index contributed by atoms with van der Waals surface area (Å²) in [4.78, 5) is 40.2. The van der Waals surface area contributed by atoms with Gasteiger partial charge >= 0.3 is 0 Å². The lowest BCUT2D eigenvalue weighted by Crippen LogP contribution is -2.54. The first-order valence-electron chi connectivity index (χ1n) is 13.7. The smallest absolute Gasteiger partial charge is 0.271 e. The zero-order chi connectivity index (χ0) is 31.0. The van der Waals surface area contributed by atoms with Crippen LogP contribution in [-0.4, -0.2) is 54.9 Å². The molecule has 0 aliphatic rings. The molecule has 1 N–H and O–H groups in total. The van der Waals surface area contributed by atoms with E-state index < -0.39 is 33.4 Å². The molecule has 0 saturated carbocycles. The third-order valence-electron chi connectivity index (χ3n) is 7.23. The van der Waals surface area contributed by atoms with Gasteiger partial charge in [-0.1, -0.05) is 67.6 Å². The quantitative estimate of drug-likeness (QED) is 0.229. The second-order valence-electron chi connectivity index (χ2n) is 10.5. The Labute approximate surface area is 247 Å². The highest BCUT2D eigenvalue weighted by atomic mass is 32.2. The monoisotopic (exact) mass is 594 g/mol. The van der Waals surface area contributed by atoms with Crippen LogP contribution in [0.4, 0.5) is 11.4 Å². The molecule has 0 spiro atoms. The zero-order valence-corrected chi connectivity index (χ0v) is 25.4. The number of nitrogens with one attached hydrogen (secondary N) is 1. The van der Waals surface area contributed by atoms with Gasteiger partial charge in [0.2, 0.25) is 21.8 Å². The van der Waals surface area contributed by atoms with Gasteiger partial charge in [0.05, 0.1) is 16.9 Å². The normalized spacial score (nSPS) is 12.7. The number of non-ortho nitro benzene ring substituents is 1. The molecule has 3 rings (SSSR count). The summed E-state index contributed by atoms with van der Waals surface area (Å²) in [5, 5.41) is 14.5. The zero-order valence-electron chi connectivity index (χ0n) is 24.6. The first-order chi connectivity index (χ1) is 19.8. The fraction of sp³-hybridized carbons (Fsp3) is 0.355. The summed E-state index contributed by atoms with van der Waals surface area (Å²) in [7, 11) is -4.06. The molecule has 0 saturated heterocycles. The van der Waals surface area contributed by atoms with E-state index in [1.165, 1.54) is 17.0 Å². The van der Waals surface area contributed by atoms with Gasteiger partial charge in [0.1, 0.15) is 12.6 Å². The minimum absolute atomic E-state index is 0.0274. The molecule has 0 bridgehead atoms. The highest BCUT2D eigenvalue weighted by molar-refractivity contribution is 7.92. The summed E-state index contributed by atoms with van der Waals surface area (Å²) in [5.41, 5.74) is 2.71. The average Bonchev–Trinajstić information content (AvgIpc) is 2.94. The van der Waals surface area contributed by atoms with E-state index >= 15 is 0 Å². The van der Waals surface area contributed by atoms with E-state index in [2.05, 4.69) is 5.32 Å². The van der Waals surface area contributed by atoms with Gasteiger partial charge in [0.15, 0.2) is 0 Å². The maximum Gasteiger partial charge on any atom is 0.271 e. The molecule has 224 valence electrons. The molecule has 0 aliphatic heterocycles. The van der Waals surface area contributed by atoms with Crippen LogP contribution >= 0.6 is 0 Å². The molecule has 3 aromatic rings. The van der Waals surface area contributed by atoms with Gasteiger partial charge in [-0.25, -0.2) is 8.42 Å². The Morgan fingerprint density at radius 1 is 0.976 bits per heavy atom. The molecule has 0 radical (unpaired) electrons. The van der Waals surface area contributed by atoms with Crippen LogP contribution in [0.25, 0.3) is 0 Å². The molecule has 0 aliphatic carbocycles. The third-order valence-corrected chi connectivity index (χ3v) is 8.35. The number of rotatable bonds is 13. The molecular weight excluding hydrogens is 556 g/mol. The summed E-state index contributed by atoms with van der Waals surface area (Å²) in [6.07, 6.45) is 1.83. The lowest BCUT2D eigenvalue weighted by atomic mass is 10.0. The number of nitrogens with zero attached hydrogens (tertiary/aromatic N) is 3. The molecule has 11 heteroatoms. The number of nitro groups is 1. The van der Waals surface area contributed by atoms with Gasteiger partial charge in [-0.15, -0.1) is 0 Å². The molecule has 10 nitrogen and oxygen atoms in total. The Morgan fingerprint density at radius 3 is 2.21 bits per heavy atom. The Hall–Kier alpha value is -4.25. The van der Waals surface area contributed by atoms with Gasteiger partial charge in [-0.3, -0.25) is 24.0 Å². The van der Waals surface area contributed by atoms with Crippen LogP contribution in [0.3, 0.4) is 0 Å². The first kappa shape index (κ1) is 32.3. The van der Waals surface area contributed by atoms with Crippen molar-refractivity contribution in [3.05, 3.63) is 105 Å². The predicted octanol–water partition coefficient (Wildman–Crippen LogP) is 4.53. The highest BCUT2D eigenvalue weighted by Gasteiger charge is 2.34. The van der Waals surface area contributed by atoms with E-state index in [0.717, 1.165) is 33.3 Å². The predicted molar refractivity (Wildman–Crippen MR) is 164 cm³/mol. The minimum atomic E-state index is -4.06. The van der Waals surface area contributed by atoms with Crippen molar-refractivity contribution in [1.82, 2.24) is 10.2 Å². The van der Waals surface area contributed by atoms with E-state index in [1.807, 2.05) is 75.4 Å². The van der Waals surface area contributed by atoms with Crippen molar-refractivity contribution in [3.63, 3.8) is 0 Å². The van der Waals surface area contributed by atoms with Crippen LogP contribution in [0, 0.1) is 24.0 Å². The van der Waals surface area contributed by atoms with E-state index in [-0.39, 0.29) is 36.3 Å². The lowest BCUT2D eigenvalue weighted by molar-refractivity contribution is -0.384. The largest absolute Gasteiger partial charge is 0.352 e. The Kier molecular flexibility index (Phi) is 10.8. The van der Waals surface area contributed by atoms with E-state index in [1.54, 1.807) is 6.92 Å². The highest BCUT2D eigenvalue weighted by Crippen LogP contribution is 2.28. The van der Waals surface area contributed by atoms with Gasteiger partial charge in [0, 0.05) is 31.1 Å². The van der Waals surface area contributed by atoms with Gasteiger partial charge in [-0.2, -0.15) is 0 Å². The molecule has 0 aromatic heterocycles. The van der Waals surface area contributed by atoms with Crippen LogP contribution < -0.4 is 9.62 Å². The number of amides is 2. The summed E-state index contributed by atoms with van der Waals surface area (Å²) in [6, 6.07) is 19.5. The van der Waals surface area contributed by atoms with E-state index in [9.17, 15) is 28.1 Å². The van der Waals surface area contributed by atoms with Crippen molar-refractivity contribution >= 4 is 33.2 Å². The second-order valence-corrected chi connectivity index (χ2v) is 12.4. The van der Waals surface area contributed by atoms with E-state index in [0.29, 0.717) is 12.0 Å². The van der Waals surface area contributed by atoms with Crippen LogP contribution in [-0.2, 0) is 32.6 Å². The Balaban J connectivity index is 2.12. The number of aryl methyl sites for hydroxylation is 2. The standard InChI is InChI=1S/C31H38N4O6S/c1-6-24(4)32-31(37)29(18-25-13-8-7-9-14-25)33(20-26-15-11-10-12-22(26)2)30(36)21-34(42(5,40)41)28-19-27(35(38)39)17-16-23(28)3/h7-17,19,24,29H,6,18,20-21H2,1-5H3,(H,32,37)/t24-,29-/m0/s1. The Morgan fingerprint density at radius 2 is 1.62 bits per heavy atom. The second kappa shape index (κ2) is 14.1. The maximum absolute atomic E-state index is 14.2. The molecule has 2 amide bonds. The first-order valence-corrected chi connectivity index (χ1v) is 15.6. The number of sulfonamides is 1. The number of benzene rings is 3. The van der Waals surface area contributed by atoms with Crippen LogP contribution in [0.5, 0.6) is 0 Å². The SMILES string of the molecule is CC[C@H](C)NC(=O)[C@H](Cc1ccccc1)N(Cc1ccccc1C)C(=O)CN(c1cc([N+](=O)[O-])ccc1C)S(C)(=O)=O. The third kappa shape index (κ3) is 8.39. The summed E-state index contributed by atoms with van der Waals surface area (Å²) in [5.74, 6) is -0.970. The Bertz CT molecular complexity index is 1530. The van der Waals surface area contributed by atoms with Crippen molar-refractivity contribution in [2.24, 2.45) is 0 Å². The van der Waals surface area contributed by atoms with Crippen molar-refractivity contribution in [3.8, 4) is 0 Å². The minimum Gasteiger partial charge on any atom is -0.352 e. The van der Waals surface area contributed by atoms with Gasteiger partial charge in [0.25, 0.3) is 5.69 Å². The number of carbonyl (C=O) groups is 2. The fourth-order valence-electron chi connectivity index (χ4n) is 4.54. The molecule has 0 fully saturated rings. The van der Waals surface area contributed by atoms with Crippen molar-refractivity contribution in [2.45, 2.75) is 59.2 Å². The topological polar surface area (TPSA) is 130 Å². The molecule has 2 atom stereocenters. The molecule has 0 unspecified atom stereocenters. The van der Waals surface area contributed by atoms with Crippen LogP contribution in [0.2, 0.25) is 0 Å². The fourth-order valence-corrected chi connectivity index (χ4v) is 5.44. The number of anilines is 1. The van der Waals surface area contributed by atoms with Crippen molar-refractivity contribution in [2.75, 3.05) is 17.1 Å². The van der Waals surface area contributed by atoms with E-state index in [4.69, 9.17) is 0 Å². The van der Waals surface area contributed by atoms with Crippen LogP contribution in [0.15, 0.2) is 72.8 Å². The number of nitro benzene ring substituents is 1. The maximum atomic E-state index is 14.2. The molecule has 3 aromatic carbocycles. The number of carbonyl (C=O) groups excluding carboxylic acids is 2. The van der Waals surface area contributed by atoms with Gasteiger partial charge < -0.3 is 10.2 Å². The van der Waals surface area contributed by atoms with Crippen molar-refractivity contribution < 1.29 is 22.9 Å². The number of hydrogen-bond donors (Lipinski definition) is 1. The van der Waals surface area contributed by atoms with Gasteiger partial charge in [-0.05, 0) is 49.4 Å². The molecule has 0 heterocycles. The molecule has 42 heavy (non-hydrogen) atoms.